The number of anilines is 1. The molecule has 17 heavy (non-hydrogen) atoms. The van der Waals surface area contributed by atoms with Crippen molar-refractivity contribution in [1.82, 2.24) is 9.38 Å². The molecule has 0 spiro atoms. The maximum Gasteiger partial charge on any atom is 0.152 e. The number of nitrogens with zero attached hydrogens (tertiary/aromatic N) is 3. The lowest BCUT2D eigenvalue weighted by Gasteiger charge is -2.20. The van der Waals surface area contributed by atoms with E-state index in [-0.39, 0.29) is 6.61 Å². The van der Waals surface area contributed by atoms with Gasteiger partial charge in [0.05, 0.1) is 12.3 Å². The van der Waals surface area contributed by atoms with Crippen molar-refractivity contribution < 1.29 is 5.11 Å². The second-order valence-corrected chi connectivity index (χ2v) is 3.82. The van der Waals surface area contributed by atoms with Crippen LogP contribution in [0.5, 0.6) is 0 Å². The van der Waals surface area contributed by atoms with Gasteiger partial charge >= 0.3 is 0 Å². The summed E-state index contributed by atoms with van der Waals surface area (Å²) in [4.78, 5) is 6.61. The van der Waals surface area contributed by atoms with Gasteiger partial charge in [0, 0.05) is 25.8 Å². The summed E-state index contributed by atoms with van der Waals surface area (Å²) in [6.07, 6.45) is 1.96. The van der Waals surface area contributed by atoms with E-state index in [0.717, 1.165) is 23.7 Å². The van der Waals surface area contributed by atoms with Crippen molar-refractivity contribution in [2.75, 3.05) is 24.6 Å². The highest BCUT2D eigenvalue weighted by Crippen LogP contribution is 2.20. The Morgan fingerprint density at radius 2 is 2.29 bits per heavy atom. The minimum atomic E-state index is 0.117. The molecule has 92 valence electrons. The molecule has 3 N–H and O–H groups in total. The molecule has 0 unspecified atom stereocenters. The third kappa shape index (κ3) is 2.11. The quantitative estimate of drug-likeness (QED) is 0.795. The van der Waals surface area contributed by atoms with Crippen molar-refractivity contribution >= 4 is 11.5 Å². The average Bonchev–Trinajstić information content (AvgIpc) is 2.74. The maximum absolute atomic E-state index is 9.06. The van der Waals surface area contributed by atoms with Gasteiger partial charge in [0.25, 0.3) is 0 Å². The Morgan fingerprint density at radius 3 is 2.94 bits per heavy atom. The fraction of sp³-hybridized carbons (Fsp3) is 0.417. The predicted molar refractivity (Wildman–Crippen MR) is 68.1 cm³/mol. The molecule has 0 atom stereocenters. The minimum Gasteiger partial charge on any atom is -0.395 e. The summed E-state index contributed by atoms with van der Waals surface area (Å²) in [6, 6.07) is 5.87. The van der Waals surface area contributed by atoms with E-state index in [1.165, 1.54) is 0 Å². The van der Waals surface area contributed by atoms with E-state index in [0.29, 0.717) is 13.1 Å². The van der Waals surface area contributed by atoms with Gasteiger partial charge in [-0.3, -0.25) is 0 Å². The van der Waals surface area contributed by atoms with Crippen LogP contribution in [0.4, 0.5) is 5.82 Å². The number of pyridine rings is 1. The van der Waals surface area contributed by atoms with Crippen LogP contribution in [-0.2, 0) is 6.54 Å². The molecule has 0 aliphatic rings. The zero-order valence-corrected chi connectivity index (χ0v) is 10.0. The molecule has 0 radical (unpaired) electrons. The third-order valence-electron chi connectivity index (χ3n) is 2.85. The number of likely N-dealkylation sites (N-methyl/N-ethyl adjacent to an activating group) is 1. The van der Waals surface area contributed by atoms with Gasteiger partial charge in [-0.05, 0) is 19.1 Å². The summed E-state index contributed by atoms with van der Waals surface area (Å²) < 4.78 is 2.00. The second-order valence-electron chi connectivity index (χ2n) is 3.82. The van der Waals surface area contributed by atoms with E-state index in [1.807, 2.05) is 40.6 Å². The van der Waals surface area contributed by atoms with Crippen molar-refractivity contribution in [3.05, 3.63) is 30.1 Å². The van der Waals surface area contributed by atoms with Crippen molar-refractivity contribution in [2.45, 2.75) is 13.5 Å². The predicted octanol–water partition coefficient (Wildman–Crippen LogP) is 0.612. The molecule has 0 saturated carbocycles. The van der Waals surface area contributed by atoms with Gasteiger partial charge in [-0.25, -0.2) is 4.98 Å². The van der Waals surface area contributed by atoms with Crippen LogP contribution >= 0.6 is 0 Å². The minimum absolute atomic E-state index is 0.117. The topological polar surface area (TPSA) is 66.8 Å². The van der Waals surface area contributed by atoms with Crippen LogP contribution in [-0.4, -0.2) is 34.2 Å². The van der Waals surface area contributed by atoms with E-state index in [1.54, 1.807) is 0 Å². The van der Waals surface area contributed by atoms with Crippen molar-refractivity contribution in [2.24, 2.45) is 5.73 Å². The molecule has 2 aromatic heterocycles. The maximum atomic E-state index is 9.06. The lowest BCUT2D eigenvalue weighted by atomic mass is 10.3. The van der Waals surface area contributed by atoms with Gasteiger partial charge in [-0.2, -0.15) is 0 Å². The fourth-order valence-corrected chi connectivity index (χ4v) is 2.01. The van der Waals surface area contributed by atoms with Gasteiger partial charge in [-0.15, -0.1) is 0 Å². The molecule has 0 aliphatic carbocycles. The molecular formula is C12H18N4O. The van der Waals surface area contributed by atoms with Crippen molar-refractivity contribution in [3.8, 4) is 0 Å². The molecule has 0 fully saturated rings. The monoisotopic (exact) mass is 234 g/mol. The van der Waals surface area contributed by atoms with E-state index >= 15 is 0 Å². The summed E-state index contributed by atoms with van der Waals surface area (Å²) in [6.45, 7) is 3.97. The zero-order chi connectivity index (χ0) is 12.3. The zero-order valence-electron chi connectivity index (χ0n) is 10.0. The van der Waals surface area contributed by atoms with Crippen LogP contribution in [0, 0.1) is 0 Å². The Morgan fingerprint density at radius 1 is 1.47 bits per heavy atom. The van der Waals surface area contributed by atoms with Crippen LogP contribution in [0.25, 0.3) is 5.65 Å². The summed E-state index contributed by atoms with van der Waals surface area (Å²) in [5.74, 6) is 0.871. The largest absolute Gasteiger partial charge is 0.395 e. The van der Waals surface area contributed by atoms with Gasteiger partial charge < -0.3 is 20.1 Å². The van der Waals surface area contributed by atoms with Crippen molar-refractivity contribution in [1.29, 1.82) is 0 Å². The molecule has 0 amide bonds. The first kappa shape index (κ1) is 11.9. The van der Waals surface area contributed by atoms with Crippen LogP contribution in [0.2, 0.25) is 0 Å². The molecule has 5 nitrogen and oxygen atoms in total. The van der Waals surface area contributed by atoms with Gasteiger partial charge in [-0.1, -0.05) is 6.07 Å². The summed E-state index contributed by atoms with van der Waals surface area (Å²) in [7, 11) is 0. The van der Waals surface area contributed by atoms with E-state index in [2.05, 4.69) is 4.98 Å². The molecule has 5 heteroatoms. The first-order chi connectivity index (χ1) is 8.31. The molecule has 0 saturated heterocycles. The number of aliphatic hydroxyl groups is 1. The number of nitrogens with two attached hydrogens (primary N) is 1. The first-order valence-corrected chi connectivity index (χ1v) is 5.83. The Hall–Kier alpha value is -1.59. The Bertz CT molecular complexity index is 494. The highest BCUT2D eigenvalue weighted by atomic mass is 16.3. The third-order valence-corrected chi connectivity index (χ3v) is 2.85. The van der Waals surface area contributed by atoms with Crippen LogP contribution in [0.1, 0.15) is 12.6 Å². The molecular weight excluding hydrogens is 216 g/mol. The molecule has 0 bridgehead atoms. The lowest BCUT2D eigenvalue weighted by molar-refractivity contribution is 0.302. The average molecular weight is 234 g/mol. The van der Waals surface area contributed by atoms with Crippen LogP contribution < -0.4 is 10.6 Å². The number of imidazole rings is 1. The Balaban J connectivity index is 2.51. The normalized spacial score (nSPS) is 11.0. The highest BCUT2D eigenvalue weighted by molar-refractivity contribution is 5.55. The van der Waals surface area contributed by atoms with Crippen LogP contribution in [0.15, 0.2) is 24.4 Å². The Kier molecular flexibility index (Phi) is 3.61. The number of fused-ring (bicyclic) bond motifs is 1. The molecule has 2 rings (SSSR count). The van der Waals surface area contributed by atoms with E-state index in [9.17, 15) is 0 Å². The molecule has 2 aromatic rings. The number of aliphatic hydroxyl groups excluding tert-OH is 1. The van der Waals surface area contributed by atoms with E-state index in [4.69, 9.17) is 10.8 Å². The highest BCUT2D eigenvalue weighted by Gasteiger charge is 2.15. The Labute approximate surface area is 100 Å². The summed E-state index contributed by atoms with van der Waals surface area (Å²) in [5, 5.41) is 9.06. The van der Waals surface area contributed by atoms with Gasteiger partial charge in [0.1, 0.15) is 5.65 Å². The number of hydrogen-bond acceptors (Lipinski definition) is 4. The number of aromatic nitrogens is 2. The van der Waals surface area contributed by atoms with Crippen LogP contribution in [0.3, 0.4) is 0 Å². The molecule has 2 heterocycles. The molecule has 0 aromatic carbocycles. The summed E-state index contributed by atoms with van der Waals surface area (Å²) >= 11 is 0. The van der Waals surface area contributed by atoms with Gasteiger partial charge in [0.15, 0.2) is 5.82 Å². The lowest BCUT2D eigenvalue weighted by Crippen LogP contribution is -2.28. The fourth-order valence-electron chi connectivity index (χ4n) is 2.01. The SMILES string of the molecule is CCN(CCO)c1nc2ccccn2c1CN. The summed E-state index contributed by atoms with van der Waals surface area (Å²) in [5.41, 5.74) is 7.67. The van der Waals surface area contributed by atoms with E-state index < -0.39 is 0 Å². The smallest absolute Gasteiger partial charge is 0.152 e. The van der Waals surface area contributed by atoms with Crippen molar-refractivity contribution in [3.63, 3.8) is 0 Å². The second kappa shape index (κ2) is 5.16. The molecule has 0 aliphatic heterocycles. The number of rotatable bonds is 5. The van der Waals surface area contributed by atoms with Gasteiger partial charge in [0.2, 0.25) is 0 Å². The standard InChI is InChI=1S/C12H18N4O/c1-2-15(7-8-17)12-10(9-13)16-6-4-3-5-11(16)14-12/h3-6,17H,2,7-9,13H2,1H3. The number of hydrogen-bond donors (Lipinski definition) is 2. The first-order valence-electron chi connectivity index (χ1n) is 5.83.